The average Bonchev–Trinajstić information content (AvgIpc) is 2.71. The molecule has 1 aromatic heterocycles. The van der Waals surface area contributed by atoms with Gasteiger partial charge in [-0.1, -0.05) is 0 Å². The minimum absolute atomic E-state index is 0.191. The van der Waals surface area contributed by atoms with E-state index in [0.29, 0.717) is 22.7 Å². The molecule has 1 aliphatic rings. The lowest BCUT2D eigenvalue weighted by Crippen LogP contribution is -2.01. The second-order valence-electron chi connectivity index (χ2n) is 3.82. The van der Waals surface area contributed by atoms with Crippen LogP contribution in [-0.2, 0) is 0 Å². The molecule has 0 radical (unpaired) electrons. The van der Waals surface area contributed by atoms with Crippen molar-refractivity contribution in [3.05, 3.63) is 29.5 Å². The summed E-state index contributed by atoms with van der Waals surface area (Å²) in [6.45, 7) is 1.86. The lowest BCUT2D eigenvalue weighted by Gasteiger charge is -2.04. The molecule has 0 saturated carbocycles. The summed E-state index contributed by atoms with van der Waals surface area (Å²) < 4.78 is 10.5. The van der Waals surface area contributed by atoms with Gasteiger partial charge >= 0.3 is 5.97 Å². The molecule has 0 unspecified atom stereocenters. The Morgan fingerprint density at radius 3 is 2.71 bits per heavy atom. The SMILES string of the molecule is Cc1nc2cc3c(cc2cc1C(=O)O)OCO3. The summed E-state index contributed by atoms with van der Waals surface area (Å²) in [6.07, 6.45) is 0. The number of carboxylic acid groups (broad SMARTS) is 1. The van der Waals surface area contributed by atoms with Gasteiger partial charge in [-0.05, 0) is 19.1 Å². The van der Waals surface area contributed by atoms with E-state index in [1.807, 2.05) is 0 Å². The van der Waals surface area contributed by atoms with Crippen molar-refractivity contribution in [1.82, 2.24) is 4.98 Å². The molecule has 1 aliphatic heterocycles. The van der Waals surface area contributed by atoms with Gasteiger partial charge in [-0.25, -0.2) is 4.79 Å². The maximum absolute atomic E-state index is 11.0. The minimum atomic E-state index is -0.977. The number of hydrogen-bond donors (Lipinski definition) is 1. The van der Waals surface area contributed by atoms with E-state index < -0.39 is 5.97 Å². The van der Waals surface area contributed by atoms with Gasteiger partial charge in [0.15, 0.2) is 11.5 Å². The van der Waals surface area contributed by atoms with Crippen LogP contribution in [-0.4, -0.2) is 22.9 Å². The van der Waals surface area contributed by atoms with E-state index in [1.54, 1.807) is 25.1 Å². The standard InChI is InChI=1S/C12H9NO4/c1-6-8(12(14)15)2-7-3-10-11(17-5-16-10)4-9(7)13-6/h2-4H,5H2,1H3,(H,14,15). The third kappa shape index (κ3) is 1.47. The smallest absolute Gasteiger partial charge is 0.337 e. The quantitative estimate of drug-likeness (QED) is 0.812. The van der Waals surface area contributed by atoms with Crippen LogP contribution in [0.5, 0.6) is 11.5 Å². The molecule has 0 atom stereocenters. The summed E-state index contributed by atoms with van der Waals surface area (Å²) in [4.78, 5) is 15.3. The number of benzene rings is 1. The highest BCUT2D eigenvalue weighted by Crippen LogP contribution is 2.35. The van der Waals surface area contributed by atoms with Crippen molar-refractivity contribution < 1.29 is 19.4 Å². The molecule has 0 saturated heterocycles. The van der Waals surface area contributed by atoms with E-state index in [9.17, 15) is 4.79 Å². The number of nitrogens with zero attached hydrogens (tertiary/aromatic N) is 1. The molecule has 2 heterocycles. The molecule has 5 nitrogen and oxygen atoms in total. The zero-order chi connectivity index (χ0) is 12.0. The molecule has 17 heavy (non-hydrogen) atoms. The summed E-state index contributed by atoms with van der Waals surface area (Å²) >= 11 is 0. The molecule has 0 aliphatic carbocycles. The van der Waals surface area contributed by atoms with Crippen LogP contribution in [0.2, 0.25) is 0 Å². The molecule has 0 amide bonds. The molecule has 1 aromatic carbocycles. The highest BCUT2D eigenvalue weighted by Gasteiger charge is 2.17. The number of rotatable bonds is 1. The maximum Gasteiger partial charge on any atom is 0.337 e. The Morgan fingerprint density at radius 2 is 2.00 bits per heavy atom. The molecule has 2 aromatic rings. The van der Waals surface area contributed by atoms with Crippen LogP contribution in [0.4, 0.5) is 0 Å². The second kappa shape index (κ2) is 3.35. The normalized spacial score (nSPS) is 13.0. The zero-order valence-electron chi connectivity index (χ0n) is 9.06. The maximum atomic E-state index is 11.0. The molecule has 86 valence electrons. The predicted molar refractivity (Wildman–Crippen MR) is 59.6 cm³/mol. The largest absolute Gasteiger partial charge is 0.478 e. The van der Waals surface area contributed by atoms with Gasteiger partial charge in [-0.2, -0.15) is 0 Å². The van der Waals surface area contributed by atoms with Crippen molar-refractivity contribution in [2.24, 2.45) is 0 Å². The number of hydrogen-bond acceptors (Lipinski definition) is 4. The highest BCUT2D eigenvalue weighted by molar-refractivity contribution is 5.94. The van der Waals surface area contributed by atoms with E-state index in [0.717, 1.165) is 5.39 Å². The topological polar surface area (TPSA) is 68.7 Å². The Hall–Kier alpha value is -2.30. The van der Waals surface area contributed by atoms with E-state index in [1.165, 1.54) is 0 Å². The zero-order valence-corrected chi connectivity index (χ0v) is 9.06. The first-order valence-electron chi connectivity index (χ1n) is 5.09. The Bertz CT molecular complexity index is 636. The van der Waals surface area contributed by atoms with Gasteiger partial charge < -0.3 is 14.6 Å². The van der Waals surface area contributed by atoms with Gasteiger partial charge in [-0.15, -0.1) is 0 Å². The monoisotopic (exact) mass is 231 g/mol. The van der Waals surface area contributed by atoms with E-state index in [4.69, 9.17) is 14.6 Å². The third-order valence-corrected chi connectivity index (χ3v) is 2.73. The van der Waals surface area contributed by atoms with Gasteiger partial charge in [0, 0.05) is 11.5 Å². The first-order chi connectivity index (χ1) is 8.15. The van der Waals surface area contributed by atoms with Crippen molar-refractivity contribution in [2.75, 3.05) is 6.79 Å². The number of aromatic nitrogens is 1. The van der Waals surface area contributed by atoms with Crippen molar-refractivity contribution in [3.63, 3.8) is 0 Å². The average molecular weight is 231 g/mol. The molecule has 5 heteroatoms. The highest BCUT2D eigenvalue weighted by atomic mass is 16.7. The minimum Gasteiger partial charge on any atom is -0.478 e. The van der Waals surface area contributed by atoms with Crippen molar-refractivity contribution in [1.29, 1.82) is 0 Å². The fraction of sp³-hybridized carbons (Fsp3) is 0.167. The third-order valence-electron chi connectivity index (χ3n) is 2.73. The summed E-state index contributed by atoms with van der Waals surface area (Å²) in [5, 5.41) is 9.76. The van der Waals surface area contributed by atoms with Crippen LogP contribution in [0.25, 0.3) is 10.9 Å². The van der Waals surface area contributed by atoms with Crippen molar-refractivity contribution >= 4 is 16.9 Å². The van der Waals surface area contributed by atoms with Gasteiger partial charge in [0.25, 0.3) is 0 Å². The second-order valence-corrected chi connectivity index (χ2v) is 3.82. The van der Waals surface area contributed by atoms with Crippen LogP contribution in [0.15, 0.2) is 18.2 Å². The summed E-state index contributed by atoms with van der Waals surface area (Å²) in [7, 11) is 0. The van der Waals surface area contributed by atoms with Crippen molar-refractivity contribution in [3.8, 4) is 11.5 Å². The van der Waals surface area contributed by atoms with Crippen LogP contribution < -0.4 is 9.47 Å². The summed E-state index contributed by atoms with van der Waals surface area (Å²) in [6, 6.07) is 5.11. The lowest BCUT2D eigenvalue weighted by atomic mass is 10.1. The Balaban J connectivity index is 2.29. The van der Waals surface area contributed by atoms with Gasteiger partial charge in [0.2, 0.25) is 6.79 Å². The predicted octanol–water partition coefficient (Wildman–Crippen LogP) is 1.97. The number of carboxylic acids is 1. The first kappa shape index (κ1) is 9.89. The molecular weight excluding hydrogens is 222 g/mol. The van der Waals surface area contributed by atoms with Crippen LogP contribution in [0.1, 0.15) is 16.1 Å². The molecule has 0 bridgehead atoms. The van der Waals surface area contributed by atoms with Crippen molar-refractivity contribution in [2.45, 2.75) is 6.92 Å². The number of aryl methyl sites for hydroxylation is 1. The van der Waals surface area contributed by atoms with E-state index >= 15 is 0 Å². The Labute approximate surface area is 96.6 Å². The van der Waals surface area contributed by atoms with Crippen LogP contribution in [0, 0.1) is 6.92 Å². The number of ether oxygens (including phenoxy) is 2. The van der Waals surface area contributed by atoms with Gasteiger partial charge in [0.05, 0.1) is 16.8 Å². The fourth-order valence-corrected chi connectivity index (χ4v) is 1.88. The van der Waals surface area contributed by atoms with Crippen LogP contribution in [0.3, 0.4) is 0 Å². The molecule has 1 N–H and O–H groups in total. The lowest BCUT2D eigenvalue weighted by molar-refractivity contribution is 0.0696. The Kier molecular flexibility index (Phi) is 1.95. The Morgan fingerprint density at radius 1 is 1.29 bits per heavy atom. The van der Waals surface area contributed by atoms with E-state index in [-0.39, 0.29) is 12.4 Å². The van der Waals surface area contributed by atoms with Crippen LogP contribution >= 0.6 is 0 Å². The number of pyridine rings is 1. The molecule has 0 spiro atoms. The summed E-state index contributed by atoms with van der Waals surface area (Å²) in [5.74, 6) is 0.293. The fourth-order valence-electron chi connectivity index (χ4n) is 1.88. The number of carbonyl (C=O) groups is 1. The molecule has 0 fully saturated rings. The molecular formula is C12H9NO4. The number of fused-ring (bicyclic) bond motifs is 2. The first-order valence-corrected chi connectivity index (χ1v) is 5.09. The van der Waals surface area contributed by atoms with Gasteiger partial charge in [-0.3, -0.25) is 4.98 Å². The van der Waals surface area contributed by atoms with Gasteiger partial charge in [0.1, 0.15) is 0 Å². The number of aromatic carboxylic acids is 1. The summed E-state index contributed by atoms with van der Waals surface area (Å²) in [5.41, 5.74) is 1.40. The van der Waals surface area contributed by atoms with E-state index in [2.05, 4.69) is 4.98 Å². The molecule has 3 rings (SSSR count).